The van der Waals surface area contributed by atoms with Gasteiger partial charge in [0, 0.05) is 29.8 Å². The van der Waals surface area contributed by atoms with Gasteiger partial charge in [-0.25, -0.2) is 0 Å². The number of hydrogen-bond acceptors (Lipinski definition) is 3. The summed E-state index contributed by atoms with van der Waals surface area (Å²) in [5.41, 5.74) is 6.51. The molecule has 0 saturated carbocycles. The van der Waals surface area contributed by atoms with E-state index < -0.39 is 5.54 Å². The Morgan fingerprint density at radius 3 is 1.85 bits per heavy atom. The summed E-state index contributed by atoms with van der Waals surface area (Å²) >= 11 is 0. The minimum atomic E-state index is -0.437. The van der Waals surface area contributed by atoms with Gasteiger partial charge >= 0.3 is 0 Å². The topological polar surface area (TPSA) is 84.2 Å². The van der Waals surface area contributed by atoms with Crippen LogP contribution in [0.2, 0.25) is 0 Å². The fraction of sp³-hybridized carbons (Fsp3) is 0.600. The molecule has 6 heteroatoms. The van der Waals surface area contributed by atoms with Crippen molar-refractivity contribution >= 4 is 24.2 Å². The van der Waals surface area contributed by atoms with Gasteiger partial charge in [0.15, 0.2) is 0 Å². The van der Waals surface area contributed by atoms with E-state index in [0.717, 1.165) is 6.42 Å². The molecule has 2 amide bonds. The molecule has 0 aliphatic carbocycles. The molecule has 0 saturated heterocycles. The summed E-state index contributed by atoms with van der Waals surface area (Å²) in [6.07, 6.45) is 0.808. The lowest BCUT2D eigenvalue weighted by atomic mass is 9.90. The Morgan fingerprint density at radius 2 is 1.46 bits per heavy atom. The number of carbonyl (C=O) groups is 2. The standard InChI is InChI=1S/C20H33N3O2.ClH/c1-14(2)11-20(6,12-21)23-18(25)16-9-7-15(8-10-16)17(24)22-13-19(3,4)5;/h7-10,14H,11-13,21H2,1-6H3,(H,22,24)(H,23,25);1H. The van der Waals surface area contributed by atoms with Crippen LogP contribution in [0.4, 0.5) is 0 Å². The third kappa shape index (κ3) is 8.19. The summed E-state index contributed by atoms with van der Waals surface area (Å²) < 4.78 is 0. The predicted octanol–water partition coefficient (Wildman–Crippen LogP) is 3.38. The van der Waals surface area contributed by atoms with Gasteiger partial charge in [0.25, 0.3) is 11.8 Å². The second kappa shape index (κ2) is 9.93. The first kappa shape index (κ1) is 24.4. The number of halogens is 1. The quantitative estimate of drug-likeness (QED) is 0.674. The Hall–Kier alpha value is -1.59. The van der Waals surface area contributed by atoms with Crippen LogP contribution in [-0.2, 0) is 0 Å². The van der Waals surface area contributed by atoms with Crippen molar-refractivity contribution < 1.29 is 9.59 Å². The van der Waals surface area contributed by atoms with Crippen LogP contribution in [0.3, 0.4) is 0 Å². The van der Waals surface area contributed by atoms with E-state index >= 15 is 0 Å². The number of hydrogen-bond donors (Lipinski definition) is 3. The smallest absolute Gasteiger partial charge is 0.251 e. The van der Waals surface area contributed by atoms with Gasteiger partial charge in [-0.2, -0.15) is 0 Å². The van der Waals surface area contributed by atoms with Crippen molar-refractivity contribution in [1.82, 2.24) is 10.6 Å². The van der Waals surface area contributed by atoms with E-state index in [1.54, 1.807) is 24.3 Å². The van der Waals surface area contributed by atoms with E-state index in [-0.39, 0.29) is 29.6 Å². The third-order valence-electron chi connectivity index (χ3n) is 3.91. The third-order valence-corrected chi connectivity index (χ3v) is 3.91. The van der Waals surface area contributed by atoms with Crippen LogP contribution >= 0.6 is 12.4 Å². The number of amides is 2. The number of nitrogens with one attached hydrogen (secondary N) is 2. The molecule has 0 aliphatic heterocycles. The molecule has 148 valence electrons. The average Bonchev–Trinajstić information content (AvgIpc) is 2.51. The summed E-state index contributed by atoms with van der Waals surface area (Å²) in [5.74, 6) is 0.131. The molecule has 1 atom stereocenters. The first-order chi connectivity index (χ1) is 11.5. The molecule has 1 aromatic carbocycles. The molecule has 0 bridgehead atoms. The zero-order chi connectivity index (χ0) is 19.3. The number of carbonyl (C=O) groups excluding carboxylic acids is 2. The highest BCUT2D eigenvalue weighted by molar-refractivity contribution is 5.98. The van der Waals surface area contributed by atoms with Crippen molar-refractivity contribution in [3.05, 3.63) is 35.4 Å². The Morgan fingerprint density at radius 1 is 1.00 bits per heavy atom. The van der Waals surface area contributed by atoms with Gasteiger partial charge in [0.1, 0.15) is 0 Å². The summed E-state index contributed by atoms with van der Waals surface area (Å²) in [5, 5.41) is 5.92. The molecule has 5 nitrogen and oxygen atoms in total. The molecule has 4 N–H and O–H groups in total. The van der Waals surface area contributed by atoms with Crippen LogP contribution in [0.25, 0.3) is 0 Å². The molecule has 0 radical (unpaired) electrons. The van der Waals surface area contributed by atoms with Crippen LogP contribution < -0.4 is 16.4 Å². The maximum Gasteiger partial charge on any atom is 0.251 e. The normalized spacial score (nSPS) is 13.5. The highest BCUT2D eigenvalue weighted by Crippen LogP contribution is 2.16. The minimum absolute atomic E-state index is 0. The lowest BCUT2D eigenvalue weighted by Gasteiger charge is -2.31. The Balaban J connectivity index is 0.00000625. The summed E-state index contributed by atoms with van der Waals surface area (Å²) in [6.45, 7) is 13.3. The van der Waals surface area contributed by atoms with Crippen molar-refractivity contribution in [1.29, 1.82) is 0 Å². The second-order valence-corrected chi connectivity index (χ2v) is 8.64. The van der Waals surface area contributed by atoms with Crippen LogP contribution in [0.5, 0.6) is 0 Å². The Bertz CT molecular complexity index is 594. The van der Waals surface area contributed by atoms with Crippen molar-refractivity contribution in [2.75, 3.05) is 13.1 Å². The predicted molar refractivity (Wildman–Crippen MR) is 110 cm³/mol. The number of nitrogens with two attached hydrogens (primary N) is 1. The molecular weight excluding hydrogens is 350 g/mol. The van der Waals surface area contributed by atoms with E-state index in [0.29, 0.717) is 30.1 Å². The van der Waals surface area contributed by atoms with E-state index in [9.17, 15) is 9.59 Å². The monoisotopic (exact) mass is 383 g/mol. The molecule has 1 rings (SSSR count). The minimum Gasteiger partial charge on any atom is -0.352 e. The molecule has 1 unspecified atom stereocenters. The Kier molecular flexibility index (Phi) is 9.32. The van der Waals surface area contributed by atoms with Gasteiger partial charge in [-0.05, 0) is 48.9 Å². The van der Waals surface area contributed by atoms with Crippen molar-refractivity contribution in [2.24, 2.45) is 17.1 Å². The molecule has 0 heterocycles. The molecule has 0 fully saturated rings. The molecule has 0 aliphatic rings. The van der Waals surface area contributed by atoms with Crippen molar-refractivity contribution in [3.8, 4) is 0 Å². The number of rotatable bonds is 7. The molecule has 0 spiro atoms. The SMILES string of the molecule is CC(C)CC(C)(CN)NC(=O)c1ccc(C(=O)NCC(C)(C)C)cc1.Cl. The highest BCUT2D eigenvalue weighted by atomic mass is 35.5. The first-order valence-electron chi connectivity index (χ1n) is 8.87. The van der Waals surface area contributed by atoms with Gasteiger partial charge in [0.2, 0.25) is 0 Å². The van der Waals surface area contributed by atoms with Crippen LogP contribution in [0, 0.1) is 11.3 Å². The highest BCUT2D eigenvalue weighted by Gasteiger charge is 2.26. The van der Waals surface area contributed by atoms with Crippen LogP contribution in [0.15, 0.2) is 24.3 Å². The molecule has 1 aromatic rings. The maximum absolute atomic E-state index is 12.5. The van der Waals surface area contributed by atoms with Gasteiger partial charge in [-0.15, -0.1) is 12.4 Å². The van der Waals surface area contributed by atoms with E-state index in [2.05, 4.69) is 45.3 Å². The van der Waals surface area contributed by atoms with Gasteiger partial charge < -0.3 is 16.4 Å². The number of benzene rings is 1. The largest absolute Gasteiger partial charge is 0.352 e. The zero-order valence-electron chi connectivity index (χ0n) is 16.8. The van der Waals surface area contributed by atoms with Crippen molar-refractivity contribution in [3.63, 3.8) is 0 Å². The van der Waals surface area contributed by atoms with Crippen molar-refractivity contribution in [2.45, 2.75) is 53.5 Å². The second-order valence-electron chi connectivity index (χ2n) is 8.64. The van der Waals surface area contributed by atoms with E-state index in [1.807, 2.05) is 6.92 Å². The van der Waals surface area contributed by atoms with Crippen LogP contribution in [0.1, 0.15) is 68.7 Å². The molecule has 26 heavy (non-hydrogen) atoms. The molecular formula is C20H34ClN3O2. The van der Waals surface area contributed by atoms with Gasteiger partial charge in [-0.1, -0.05) is 34.6 Å². The first-order valence-corrected chi connectivity index (χ1v) is 8.87. The lowest BCUT2D eigenvalue weighted by molar-refractivity contribution is 0.0895. The fourth-order valence-corrected chi connectivity index (χ4v) is 2.65. The lowest BCUT2D eigenvalue weighted by Crippen LogP contribution is -2.52. The molecule has 0 aromatic heterocycles. The summed E-state index contributed by atoms with van der Waals surface area (Å²) in [4.78, 5) is 24.6. The summed E-state index contributed by atoms with van der Waals surface area (Å²) in [6, 6.07) is 6.70. The maximum atomic E-state index is 12.5. The van der Waals surface area contributed by atoms with E-state index in [4.69, 9.17) is 5.73 Å². The fourth-order valence-electron chi connectivity index (χ4n) is 2.65. The Labute approximate surface area is 163 Å². The summed E-state index contributed by atoms with van der Waals surface area (Å²) in [7, 11) is 0. The average molecular weight is 384 g/mol. The van der Waals surface area contributed by atoms with Gasteiger partial charge in [0.05, 0.1) is 0 Å². The zero-order valence-corrected chi connectivity index (χ0v) is 17.6. The van der Waals surface area contributed by atoms with E-state index in [1.165, 1.54) is 0 Å². The van der Waals surface area contributed by atoms with Crippen LogP contribution in [-0.4, -0.2) is 30.4 Å². The van der Waals surface area contributed by atoms with Gasteiger partial charge in [-0.3, -0.25) is 9.59 Å².